The number of nitrogens with one attached hydrogen (secondary N) is 2. The number of hydrogen-bond acceptors (Lipinski definition) is 6. The molecule has 0 saturated carbocycles. The Morgan fingerprint density at radius 3 is 3.05 bits per heavy atom. The molecule has 2 heterocycles. The number of aromatic nitrogens is 1. The lowest BCUT2D eigenvalue weighted by Gasteiger charge is -2.12. The first-order valence-electron chi connectivity index (χ1n) is 6.49. The molecule has 1 saturated heterocycles. The van der Waals surface area contributed by atoms with Gasteiger partial charge in [-0.2, -0.15) is 0 Å². The van der Waals surface area contributed by atoms with Crippen LogP contribution >= 0.6 is 0 Å². The number of carbonyl (C=O) groups excluding carboxylic acids is 1. The molecule has 1 aromatic heterocycles. The number of nitro groups is 1. The highest BCUT2D eigenvalue weighted by Gasteiger charge is 2.17. The summed E-state index contributed by atoms with van der Waals surface area (Å²) >= 11 is 0. The molecular formula is C12H17N5O3. The van der Waals surface area contributed by atoms with Crippen molar-refractivity contribution >= 4 is 17.4 Å². The van der Waals surface area contributed by atoms with Gasteiger partial charge in [0.2, 0.25) is 0 Å². The quantitative estimate of drug-likeness (QED) is 0.518. The number of pyridine rings is 1. The standard InChI is InChI=1S/C12H17N5O3/c13-11(18)10-6-9(17(19)20)7-16-12(10)15-5-3-8-2-1-4-14-8/h6-8,14H,1-5H2,(H2,13,18)(H,15,16)/t8-/m1/s1. The van der Waals surface area contributed by atoms with Gasteiger partial charge < -0.3 is 16.4 Å². The molecule has 1 aliphatic heterocycles. The zero-order chi connectivity index (χ0) is 14.5. The third kappa shape index (κ3) is 3.41. The zero-order valence-corrected chi connectivity index (χ0v) is 11.0. The maximum Gasteiger partial charge on any atom is 0.288 e. The molecule has 108 valence electrons. The number of rotatable bonds is 6. The Balaban J connectivity index is 2.02. The van der Waals surface area contributed by atoms with Crippen LogP contribution < -0.4 is 16.4 Å². The smallest absolute Gasteiger partial charge is 0.288 e. The summed E-state index contributed by atoms with van der Waals surface area (Å²) in [6.45, 7) is 1.66. The molecule has 1 amide bonds. The minimum Gasteiger partial charge on any atom is -0.369 e. The Labute approximate surface area is 115 Å². The lowest BCUT2D eigenvalue weighted by atomic mass is 10.1. The summed E-state index contributed by atoms with van der Waals surface area (Å²) in [5.74, 6) is -0.441. The number of amides is 1. The van der Waals surface area contributed by atoms with E-state index in [2.05, 4.69) is 15.6 Å². The van der Waals surface area contributed by atoms with Crippen LogP contribution in [0.5, 0.6) is 0 Å². The van der Waals surface area contributed by atoms with Gasteiger partial charge in [-0.15, -0.1) is 0 Å². The van der Waals surface area contributed by atoms with Crippen molar-refractivity contribution in [1.29, 1.82) is 0 Å². The number of carbonyl (C=O) groups is 1. The van der Waals surface area contributed by atoms with Crippen molar-refractivity contribution in [3.63, 3.8) is 0 Å². The van der Waals surface area contributed by atoms with Crippen molar-refractivity contribution in [1.82, 2.24) is 10.3 Å². The van der Waals surface area contributed by atoms with Gasteiger partial charge in [-0.25, -0.2) is 4.98 Å². The second-order valence-electron chi connectivity index (χ2n) is 4.72. The molecule has 0 spiro atoms. The first kappa shape index (κ1) is 14.2. The molecule has 1 aromatic rings. The van der Waals surface area contributed by atoms with E-state index in [9.17, 15) is 14.9 Å². The van der Waals surface area contributed by atoms with Crippen LogP contribution in [0.15, 0.2) is 12.3 Å². The van der Waals surface area contributed by atoms with Gasteiger partial charge >= 0.3 is 0 Å². The van der Waals surface area contributed by atoms with E-state index in [1.807, 2.05) is 0 Å². The van der Waals surface area contributed by atoms with Crippen molar-refractivity contribution < 1.29 is 9.72 Å². The molecular weight excluding hydrogens is 262 g/mol. The van der Waals surface area contributed by atoms with E-state index in [1.54, 1.807) is 0 Å². The second-order valence-corrected chi connectivity index (χ2v) is 4.72. The van der Waals surface area contributed by atoms with Crippen LogP contribution in [0.1, 0.15) is 29.6 Å². The fraction of sp³-hybridized carbons (Fsp3) is 0.500. The van der Waals surface area contributed by atoms with Gasteiger partial charge in [-0.1, -0.05) is 0 Å². The van der Waals surface area contributed by atoms with Gasteiger partial charge in [0.15, 0.2) is 0 Å². The number of hydrogen-bond donors (Lipinski definition) is 3. The second kappa shape index (κ2) is 6.29. The summed E-state index contributed by atoms with van der Waals surface area (Å²) in [7, 11) is 0. The molecule has 4 N–H and O–H groups in total. The van der Waals surface area contributed by atoms with Crippen molar-refractivity contribution in [2.24, 2.45) is 5.73 Å². The topological polar surface area (TPSA) is 123 Å². The lowest BCUT2D eigenvalue weighted by molar-refractivity contribution is -0.385. The monoisotopic (exact) mass is 279 g/mol. The van der Waals surface area contributed by atoms with Crippen LogP contribution in [-0.2, 0) is 0 Å². The summed E-state index contributed by atoms with van der Waals surface area (Å²) in [5.41, 5.74) is 5.02. The lowest BCUT2D eigenvalue weighted by Crippen LogP contribution is -2.25. The number of anilines is 1. The Kier molecular flexibility index (Phi) is 4.46. The van der Waals surface area contributed by atoms with E-state index in [1.165, 1.54) is 6.42 Å². The first-order chi connectivity index (χ1) is 9.58. The number of nitrogens with zero attached hydrogens (tertiary/aromatic N) is 2. The highest BCUT2D eigenvalue weighted by molar-refractivity contribution is 5.98. The first-order valence-corrected chi connectivity index (χ1v) is 6.49. The molecule has 8 heteroatoms. The maximum atomic E-state index is 11.3. The summed E-state index contributed by atoms with van der Waals surface area (Å²) in [4.78, 5) is 25.3. The molecule has 8 nitrogen and oxygen atoms in total. The van der Waals surface area contributed by atoms with Crippen molar-refractivity contribution in [3.8, 4) is 0 Å². The molecule has 1 aliphatic rings. The van der Waals surface area contributed by atoms with E-state index in [0.29, 0.717) is 18.4 Å². The van der Waals surface area contributed by atoms with Crippen LogP contribution in [0, 0.1) is 10.1 Å². The normalized spacial score (nSPS) is 17.9. The largest absolute Gasteiger partial charge is 0.369 e. The van der Waals surface area contributed by atoms with Gasteiger partial charge in [-0.3, -0.25) is 14.9 Å². The Morgan fingerprint density at radius 2 is 2.45 bits per heavy atom. The molecule has 1 fully saturated rings. The van der Waals surface area contributed by atoms with Gasteiger partial charge in [-0.05, 0) is 25.8 Å². The number of primary amides is 1. The van der Waals surface area contributed by atoms with Crippen LogP contribution in [0.4, 0.5) is 11.5 Å². The fourth-order valence-corrected chi connectivity index (χ4v) is 2.25. The van der Waals surface area contributed by atoms with E-state index in [4.69, 9.17) is 5.73 Å². The predicted octanol–water partition coefficient (Wildman–Crippen LogP) is 0.643. The van der Waals surface area contributed by atoms with Crippen molar-refractivity contribution in [2.75, 3.05) is 18.4 Å². The number of nitrogens with two attached hydrogens (primary N) is 1. The van der Waals surface area contributed by atoms with E-state index >= 15 is 0 Å². The van der Waals surface area contributed by atoms with E-state index < -0.39 is 10.8 Å². The van der Waals surface area contributed by atoms with Gasteiger partial charge in [0.05, 0.1) is 10.5 Å². The Morgan fingerprint density at radius 1 is 1.65 bits per heavy atom. The third-order valence-corrected chi connectivity index (χ3v) is 3.30. The minimum absolute atomic E-state index is 0.0404. The summed E-state index contributed by atoms with van der Waals surface area (Å²) in [5, 5.41) is 17.0. The molecule has 0 radical (unpaired) electrons. The van der Waals surface area contributed by atoms with Crippen LogP contribution in [-0.4, -0.2) is 34.9 Å². The summed E-state index contributed by atoms with van der Waals surface area (Å²) in [6, 6.07) is 1.61. The van der Waals surface area contributed by atoms with Crippen molar-refractivity contribution in [3.05, 3.63) is 27.9 Å². The van der Waals surface area contributed by atoms with Gasteiger partial charge in [0.1, 0.15) is 12.0 Å². The fourth-order valence-electron chi connectivity index (χ4n) is 2.25. The molecule has 0 aliphatic carbocycles. The minimum atomic E-state index is -0.734. The molecule has 0 bridgehead atoms. The Bertz CT molecular complexity index is 514. The molecule has 20 heavy (non-hydrogen) atoms. The molecule has 0 unspecified atom stereocenters. The zero-order valence-electron chi connectivity index (χ0n) is 11.0. The van der Waals surface area contributed by atoms with Crippen LogP contribution in [0.2, 0.25) is 0 Å². The van der Waals surface area contributed by atoms with Gasteiger partial charge in [0.25, 0.3) is 11.6 Å². The predicted molar refractivity (Wildman–Crippen MR) is 73.5 cm³/mol. The molecule has 2 rings (SSSR count). The summed E-state index contributed by atoms with van der Waals surface area (Å²) in [6.07, 6.45) is 4.32. The van der Waals surface area contributed by atoms with Crippen LogP contribution in [0.3, 0.4) is 0 Å². The average molecular weight is 279 g/mol. The Hall–Kier alpha value is -2.22. The van der Waals surface area contributed by atoms with Gasteiger partial charge in [0, 0.05) is 18.7 Å². The average Bonchev–Trinajstić information content (AvgIpc) is 2.91. The molecule has 1 atom stereocenters. The van der Waals surface area contributed by atoms with Crippen LogP contribution in [0.25, 0.3) is 0 Å². The summed E-state index contributed by atoms with van der Waals surface area (Å²) < 4.78 is 0. The molecule has 0 aromatic carbocycles. The SMILES string of the molecule is NC(=O)c1cc([N+](=O)[O-])cnc1NCC[C@H]1CCCN1. The highest BCUT2D eigenvalue weighted by Crippen LogP contribution is 2.19. The third-order valence-electron chi connectivity index (χ3n) is 3.30. The van der Waals surface area contributed by atoms with E-state index in [-0.39, 0.29) is 11.3 Å². The van der Waals surface area contributed by atoms with Crippen molar-refractivity contribution in [2.45, 2.75) is 25.3 Å². The highest BCUT2D eigenvalue weighted by atomic mass is 16.6. The van der Waals surface area contributed by atoms with E-state index in [0.717, 1.165) is 31.6 Å². The maximum absolute atomic E-state index is 11.3.